The molecule has 0 amide bonds. The van der Waals surface area contributed by atoms with E-state index in [2.05, 4.69) is 27.7 Å². The summed E-state index contributed by atoms with van der Waals surface area (Å²) in [4.78, 5) is 12.0. The number of hydrogen-bond acceptors (Lipinski definition) is 1. The van der Waals surface area contributed by atoms with Crippen LogP contribution < -0.4 is 0 Å². The zero-order chi connectivity index (χ0) is 11.9. The molecule has 2 fully saturated rings. The lowest BCUT2D eigenvalue weighted by Crippen LogP contribution is -2.45. The molecular weight excluding hydrogens is 196 g/mol. The zero-order valence-corrected chi connectivity index (χ0v) is 11.1. The van der Waals surface area contributed by atoms with Gasteiger partial charge in [0.15, 0.2) is 0 Å². The van der Waals surface area contributed by atoms with Gasteiger partial charge >= 0.3 is 0 Å². The summed E-state index contributed by atoms with van der Waals surface area (Å²) < 4.78 is 0. The molecule has 2 aliphatic carbocycles. The molecule has 0 aromatic rings. The molecule has 0 N–H and O–H groups in total. The number of rotatable bonds is 0. The maximum atomic E-state index is 12.0. The summed E-state index contributed by atoms with van der Waals surface area (Å²) in [7, 11) is 0. The Bertz CT molecular complexity index is 335. The van der Waals surface area contributed by atoms with Crippen LogP contribution in [0.5, 0.6) is 0 Å². The number of Topliss-reactive ketones (excluding diaryl/α,β-unsaturated/α-hetero) is 1. The molecule has 90 valence electrons. The molecule has 2 rings (SSSR count). The molecule has 2 aliphatic rings. The summed E-state index contributed by atoms with van der Waals surface area (Å²) in [6.45, 7) is 9.12. The number of allylic oxidation sites excluding steroid dienone is 2. The van der Waals surface area contributed by atoms with Gasteiger partial charge in [0.25, 0.3) is 0 Å². The molecule has 1 heteroatoms. The van der Waals surface area contributed by atoms with Crippen LogP contribution in [-0.4, -0.2) is 5.78 Å². The Morgan fingerprint density at radius 1 is 1.25 bits per heavy atom. The van der Waals surface area contributed by atoms with Gasteiger partial charge in [0.1, 0.15) is 5.78 Å². The van der Waals surface area contributed by atoms with Crippen molar-refractivity contribution in [2.24, 2.45) is 17.3 Å². The van der Waals surface area contributed by atoms with Gasteiger partial charge in [-0.05, 0) is 50.9 Å². The van der Waals surface area contributed by atoms with Crippen LogP contribution in [0.25, 0.3) is 0 Å². The lowest BCUT2D eigenvalue weighted by Gasteiger charge is -2.49. The van der Waals surface area contributed by atoms with Crippen molar-refractivity contribution >= 4 is 5.78 Å². The number of carbonyl (C=O) groups excluding carboxylic acids is 1. The van der Waals surface area contributed by atoms with Crippen molar-refractivity contribution in [2.75, 3.05) is 0 Å². The Hall–Kier alpha value is -0.590. The first-order chi connectivity index (χ1) is 7.45. The normalized spacial score (nSPS) is 39.5. The first kappa shape index (κ1) is 11.9. The van der Waals surface area contributed by atoms with Gasteiger partial charge in [-0.3, -0.25) is 4.79 Å². The van der Waals surface area contributed by atoms with Crippen LogP contribution in [0.1, 0.15) is 59.8 Å². The van der Waals surface area contributed by atoms with Crippen molar-refractivity contribution in [3.8, 4) is 0 Å². The molecular formula is C15H24O. The average Bonchev–Trinajstić information content (AvgIpc) is 2.23. The largest absolute Gasteiger partial charge is 0.299 e. The molecule has 0 spiro atoms. The smallest absolute Gasteiger partial charge is 0.136 e. The molecule has 0 radical (unpaired) electrons. The summed E-state index contributed by atoms with van der Waals surface area (Å²) >= 11 is 0. The maximum Gasteiger partial charge on any atom is 0.136 e. The third-order valence-corrected chi connectivity index (χ3v) is 5.17. The van der Waals surface area contributed by atoms with Crippen molar-refractivity contribution < 1.29 is 4.79 Å². The van der Waals surface area contributed by atoms with Gasteiger partial charge in [0.05, 0.1) is 0 Å². The van der Waals surface area contributed by atoms with Gasteiger partial charge in [-0.15, -0.1) is 0 Å². The minimum Gasteiger partial charge on any atom is -0.299 e. The Labute approximate surface area is 99.3 Å². The standard InChI is InChI=1S/C15H24O/c1-10(2)12-6-7-13-14(16)8-5-11(3)15(13,4)9-12/h11,13H,5-9H2,1-4H3/t11-,13-,15+/m0/s1. The van der Waals surface area contributed by atoms with Crippen molar-refractivity contribution in [3.63, 3.8) is 0 Å². The summed E-state index contributed by atoms with van der Waals surface area (Å²) in [6.07, 6.45) is 5.33. The molecule has 16 heavy (non-hydrogen) atoms. The summed E-state index contributed by atoms with van der Waals surface area (Å²) in [5.41, 5.74) is 3.34. The van der Waals surface area contributed by atoms with Crippen molar-refractivity contribution in [1.29, 1.82) is 0 Å². The molecule has 3 atom stereocenters. The predicted molar refractivity (Wildman–Crippen MR) is 67.2 cm³/mol. The Morgan fingerprint density at radius 3 is 2.56 bits per heavy atom. The van der Waals surface area contributed by atoms with E-state index in [0.29, 0.717) is 17.6 Å². The van der Waals surface area contributed by atoms with E-state index in [-0.39, 0.29) is 5.41 Å². The highest BCUT2D eigenvalue weighted by Crippen LogP contribution is 2.53. The van der Waals surface area contributed by atoms with Crippen LogP contribution in [0, 0.1) is 17.3 Å². The summed E-state index contributed by atoms with van der Waals surface area (Å²) in [5.74, 6) is 1.58. The highest BCUT2D eigenvalue weighted by molar-refractivity contribution is 5.83. The van der Waals surface area contributed by atoms with Crippen LogP contribution in [0.3, 0.4) is 0 Å². The van der Waals surface area contributed by atoms with Crippen molar-refractivity contribution in [2.45, 2.75) is 59.8 Å². The third-order valence-electron chi connectivity index (χ3n) is 5.17. The van der Waals surface area contributed by atoms with Gasteiger partial charge in [-0.2, -0.15) is 0 Å². The topological polar surface area (TPSA) is 17.1 Å². The first-order valence-corrected chi connectivity index (χ1v) is 6.63. The van der Waals surface area contributed by atoms with Gasteiger partial charge < -0.3 is 0 Å². The predicted octanol–water partition coefficient (Wildman–Crippen LogP) is 4.13. The third kappa shape index (κ3) is 1.74. The van der Waals surface area contributed by atoms with E-state index in [0.717, 1.165) is 32.1 Å². The van der Waals surface area contributed by atoms with Crippen LogP contribution in [0.4, 0.5) is 0 Å². The van der Waals surface area contributed by atoms with E-state index in [1.165, 1.54) is 5.57 Å². The fourth-order valence-electron chi connectivity index (χ4n) is 3.66. The number of ketones is 1. The van der Waals surface area contributed by atoms with E-state index in [4.69, 9.17) is 0 Å². The van der Waals surface area contributed by atoms with E-state index in [9.17, 15) is 4.79 Å². The lowest BCUT2D eigenvalue weighted by atomic mass is 9.54. The highest BCUT2D eigenvalue weighted by Gasteiger charge is 2.48. The minimum absolute atomic E-state index is 0.250. The fourth-order valence-corrected chi connectivity index (χ4v) is 3.66. The molecule has 0 heterocycles. The Morgan fingerprint density at radius 2 is 1.94 bits per heavy atom. The lowest BCUT2D eigenvalue weighted by molar-refractivity contribution is -0.134. The SMILES string of the molecule is CC(C)=C1CC[C@H]2C(=O)CC[C@H](C)[C@@]2(C)C1. The molecule has 2 saturated carbocycles. The Balaban J connectivity index is 2.31. The van der Waals surface area contributed by atoms with Gasteiger partial charge in [-0.25, -0.2) is 0 Å². The van der Waals surface area contributed by atoms with Crippen LogP contribution >= 0.6 is 0 Å². The maximum absolute atomic E-state index is 12.0. The molecule has 0 saturated heterocycles. The van der Waals surface area contributed by atoms with Crippen molar-refractivity contribution in [3.05, 3.63) is 11.1 Å². The first-order valence-electron chi connectivity index (χ1n) is 6.63. The molecule has 0 aromatic carbocycles. The zero-order valence-electron chi connectivity index (χ0n) is 11.1. The average molecular weight is 220 g/mol. The number of hydrogen-bond donors (Lipinski definition) is 0. The minimum atomic E-state index is 0.250. The van der Waals surface area contributed by atoms with Gasteiger partial charge in [0, 0.05) is 12.3 Å². The quantitative estimate of drug-likeness (QED) is 0.561. The van der Waals surface area contributed by atoms with Crippen LogP contribution in [0.15, 0.2) is 11.1 Å². The molecule has 0 aliphatic heterocycles. The monoisotopic (exact) mass is 220 g/mol. The molecule has 1 nitrogen and oxygen atoms in total. The Kier molecular flexibility index (Phi) is 2.98. The number of carbonyl (C=O) groups is 1. The van der Waals surface area contributed by atoms with Gasteiger partial charge in [-0.1, -0.05) is 25.0 Å². The fraction of sp³-hybridized carbons (Fsp3) is 0.800. The number of fused-ring (bicyclic) bond motifs is 1. The van der Waals surface area contributed by atoms with E-state index in [1.807, 2.05) is 0 Å². The molecule has 0 aromatic heterocycles. The second kappa shape index (κ2) is 4.01. The van der Waals surface area contributed by atoms with E-state index >= 15 is 0 Å². The van der Waals surface area contributed by atoms with Crippen LogP contribution in [-0.2, 0) is 4.79 Å². The highest BCUT2D eigenvalue weighted by atomic mass is 16.1. The van der Waals surface area contributed by atoms with E-state index < -0.39 is 0 Å². The van der Waals surface area contributed by atoms with Gasteiger partial charge in [0.2, 0.25) is 0 Å². The van der Waals surface area contributed by atoms with Crippen molar-refractivity contribution in [1.82, 2.24) is 0 Å². The van der Waals surface area contributed by atoms with E-state index in [1.54, 1.807) is 5.57 Å². The summed E-state index contributed by atoms with van der Waals surface area (Å²) in [6, 6.07) is 0. The molecule has 0 bridgehead atoms. The van der Waals surface area contributed by atoms with Crippen LogP contribution in [0.2, 0.25) is 0 Å². The second-order valence-corrected chi connectivity index (χ2v) is 6.28. The summed E-state index contributed by atoms with van der Waals surface area (Å²) in [5, 5.41) is 0. The second-order valence-electron chi connectivity index (χ2n) is 6.28. The molecule has 0 unspecified atom stereocenters.